The van der Waals surface area contributed by atoms with Gasteiger partial charge in [0.2, 0.25) is 5.91 Å². The van der Waals surface area contributed by atoms with E-state index in [1.165, 1.54) is 17.8 Å². The first-order valence-electron chi connectivity index (χ1n) is 6.23. The summed E-state index contributed by atoms with van der Waals surface area (Å²) in [5.74, 6) is -0.549. The van der Waals surface area contributed by atoms with E-state index in [4.69, 9.17) is 28.9 Å². The summed E-state index contributed by atoms with van der Waals surface area (Å²) in [4.78, 5) is 23.8. The van der Waals surface area contributed by atoms with Gasteiger partial charge in [0.05, 0.1) is 16.3 Å². The van der Waals surface area contributed by atoms with Crippen molar-refractivity contribution in [2.24, 2.45) is 5.73 Å². The molecule has 2 aromatic rings. The van der Waals surface area contributed by atoms with Gasteiger partial charge in [0, 0.05) is 15.6 Å². The third-order valence-corrected chi connectivity index (χ3v) is 4.21. The van der Waals surface area contributed by atoms with Crippen LogP contribution >= 0.6 is 35.0 Å². The second-order valence-electron chi connectivity index (χ2n) is 4.36. The molecule has 0 unspecified atom stereocenters. The number of hydrogen-bond acceptors (Lipinski definition) is 3. The van der Waals surface area contributed by atoms with Crippen LogP contribution in [0, 0.1) is 0 Å². The highest BCUT2D eigenvalue weighted by Crippen LogP contribution is 2.24. The van der Waals surface area contributed by atoms with Crippen LogP contribution in [0.4, 0.5) is 5.69 Å². The summed E-state index contributed by atoms with van der Waals surface area (Å²) in [6.07, 6.45) is 0. The fraction of sp³-hybridized carbons (Fsp3) is 0.0667. The number of anilines is 1. The molecule has 0 fully saturated rings. The van der Waals surface area contributed by atoms with Gasteiger partial charge in [-0.2, -0.15) is 0 Å². The smallest absolute Gasteiger partial charge is 0.257 e. The minimum Gasteiger partial charge on any atom is -0.369 e. The van der Waals surface area contributed by atoms with Gasteiger partial charge in [0.15, 0.2) is 0 Å². The zero-order valence-corrected chi connectivity index (χ0v) is 13.6. The lowest BCUT2D eigenvalue weighted by molar-refractivity contribution is -0.115. The van der Waals surface area contributed by atoms with Crippen molar-refractivity contribution in [1.29, 1.82) is 0 Å². The summed E-state index contributed by atoms with van der Waals surface area (Å²) in [5, 5.41) is 3.50. The molecule has 2 amide bonds. The lowest BCUT2D eigenvalue weighted by atomic mass is 10.2. The van der Waals surface area contributed by atoms with Crippen molar-refractivity contribution in [3.05, 3.63) is 58.1 Å². The number of halogens is 2. The maximum atomic E-state index is 12.2. The van der Waals surface area contributed by atoms with Crippen LogP contribution in [0.25, 0.3) is 0 Å². The molecule has 4 nitrogen and oxygen atoms in total. The molecule has 0 saturated heterocycles. The average Bonchev–Trinajstić information content (AvgIpc) is 2.45. The zero-order chi connectivity index (χ0) is 16.1. The Hall–Kier alpha value is -1.69. The van der Waals surface area contributed by atoms with E-state index < -0.39 is 5.91 Å². The molecule has 0 radical (unpaired) electrons. The number of amides is 2. The van der Waals surface area contributed by atoms with Crippen LogP contribution in [-0.2, 0) is 4.79 Å². The second-order valence-corrected chi connectivity index (χ2v) is 6.25. The zero-order valence-electron chi connectivity index (χ0n) is 11.3. The summed E-state index contributed by atoms with van der Waals surface area (Å²) in [7, 11) is 0. The number of carbonyl (C=O) groups excluding carboxylic acids is 2. The number of rotatable bonds is 5. The standard InChI is InChI=1S/C15H12Cl2N2O2S/c16-9-4-5-12(13(17)6-9)15(21)19-10-2-1-3-11(7-10)22-8-14(18)20/h1-7H,8H2,(H2,18,20)(H,19,21). The fourth-order valence-electron chi connectivity index (χ4n) is 1.69. The number of carbonyl (C=O) groups is 2. The van der Waals surface area contributed by atoms with Crippen molar-refractivity contribution >= 4 is 52.5 Å². The van der Waals surface area contributed by atoms with Gasteiger partial charge < -0.3 is 11.1 Å². The van der Waals surface area contributed by atoms with Crippen molar-refractivity contribution in [2.45, 2.75) is 4.90 Å². The molecule has 0 aliphatic heterocycles. The Kier molecular flexibility index (Phi) is 5.71. The predicted molar refractivity (Wildman–Crippen MR) is 90.8 cm³/mol. The number of benzene rings is 2. The Bertz CT molecular complexity index is 722. The van der Waals surface area contributed by atoms with Crippen LogP contribution in [0.3, 0.4) is 0 Å². The Morgan fingerprint density at radius 3 is 2.59 bits per heavy atom. The number of thioether (sulfide) groups is 1. The highest BCUT2D eigenvalue weighted by atomic mass is 35.5. The van der Waals surface area contributed by atoms with Crippen molar-refractivity contribution in [2.75, 3.05) is 11.1 Å². The van der Waals surface area contributed by atoms with E-state index >= 15 is 0 Å². The van der Waals surface area contributed by atoms with E-state index in [1.54, 1.807) is 30.3 Å². The predicted octanol–water partition coefficient (Wildman–Crippen LogP) is 3.82. The summed E-state index contributed by atoms with van der Waals surface area (Å²) in [6, 6.07) is 11.8. The van der Waals surface area contributed by atoms with Gasteiger partial charge in [-0.15, -0.1) is 11.8 Å². The number of nitrogens with two attached hydrogens (primary N) is 1. The summed E-state index contributed by atoms with van der Waals surface area (Å²) < 4.78 is 0. The minimum absolute atomic E-state index is 0.181. The van der Waals surface area contributed by atoms with E-state index in [9.17, 15) is 9.59 Å². The molecular weight excluding hydrogens is 343 g/mol. The van der Waals surface area contributed by atoms with Crippen LogP contribution in [0.1, 0.15) is 10.4 Å². The van der Waals surface area contributed by atoms with Crippen LogP contribution in [0.15, 0.2) is 47.4 Å². The Morgan fingerprint density at radius 2 is 1.91 bits per heavy atom. The van der Waals surface area contributed by atoms with Gasteiger partial charge in [-0.25, -0.2) is 0 Å². The molecule has 0 aliphatic rings. The molecule has 2 rings (SSSR count). The van der Waals surface area contributed by atoms with Gasteiger partial charge in [-0.1, -0.05) is 29.3 Å². The molecule has 0 aliphatic carbocycles. The molecule has 0 atom stereocenters. The fourth-order valence-corrected chi connectivity index (χ4v) is 2.88. The Morgan fingerprint density at radius 1 is 1.14 bits per heavy atom. The summed E-state index contributed by atoms with van der Waals surface area (Å²) >= 11 is 13.1. The molecule has 0 bridgehead atoms. The largest absolute Gasteiger partial charge is 0.369 e. The molecule has 22 heavy (non-hydrogen) atoms. The molecule has 7 heteroatoms. The molecule has 114 valence electrons. The van der Waals surface area contributed by atoms with Crippen molar-refractivity contribution < 1.29 is 9.59 Å². The third-order valence-electron chi connectivity index (χ3n) is 2.65. The maximum Gasteiger partial charge on any atom is 0.257 e. The topological polar surface area (TPSA) is 72.2 Å². The molecule has 0 spiro atoms. The summed E-state index contributed by atoms with van der Waals surface area (Å²) in [5.41, 5.74) is 6.05. The first kappa shape index (κ1) is 16.7. The quantitative estimate of drug-likeness (QED) is 0.801. The lowest BCUT2D eigenvalue weighted by Gasteiger charge is -2.08. The van der Waals surface area contributed by atoms with E-state index in [2.05, 4.69) is 5.32 Å². The highest BCUT2D eigenvalue weighted by molar-refractivity contribution is 8.00. The van der Waals surface area contributed by atoms with Gasteiger partial charge in [0.25, 0.3) is 5.91 Å². The maximum absolute atomic E-state index is 12.2. The van der Waals surface area contributed by atoms with Gasteiger partial charge >= 0.3 is 0 Å². The normalized spacial score (nSPS) is 10.3. The van der Waals surface area contributed by atoms with Crippen molar-refractivity contribution in [1.82, 2.24) is 0 Å². The van der Waals surface area contributed by atoms with Gasteiger partial charge in [-0.05, 0) is 36.4 Å². The van der Waals surface area contributed by atoms with Crippen molar-refractivity contribution in [3.63, 3.8) is 0 Å². The average molecular weight is 355 g/mol. The first-order valence-corrected chi connectivity index (χ1v) is 7.97. The molecule has 2 aromatic carbocycles. The van der Waals surface area contributed by atoms with Crippen LogP contribution in [0.5, 0.6) is 0 Å². The van der Waals surface area contributed by atoms with E-state index in [0.29, 0.717) is 16.3 Å². The molecule has 0 saturated carbocycles. The van der Waals surface area contributed by atoms with E-state index in [1.807, 2.05) is 6.07 Å². The summed E-state index contributed by atoms with van der Waals surface area (Å²) in [6.45, 7) is 0. The molecule has 0 heterocycles. The first-order chi connectivity index (χ1) is 10.5. The monoisotopic (exact) mass is 354 g/mol. The van der Waals surface area contributed by atoms with Gasteiger partial charge in [0.1, 0.15) is 0 Å². The SMILES string of the molecule is NC(=O)CSc1cccc(NC(=O)c2ccc(Cl)cc2Cl)c1. The van der Waals surface area contributed by atoms with E-state index in [-0.39, 0.29) is 16.7 Å². The third kappa shape index (κ3) is 4.66. The molecule has 0 aromatic heterocycles. The Labute approximate surface area is 142 Å². The Balaban J connectivity index is 2.11. The lowest BCUT2D eigenvalue weighted by Crippen LogP contribution is -2.13. The van der Waals surface area contributed by atoms with Crippen LogP contribution in [0.2, 0.25) is 10.0 Å². The number of hydrogen-bond donors (Lipinski definition) is 2. The second kappa shape index (κ2) is 7.54. The van der Waals surface area contributed by atoms with Crippen LogP contribution < -0.4 is 11.1 Å². The minimum atomic E-state index is -0.396. The van der Waals surface area contributed by atoms with E-state index in [0.717, 1.165) is 4.90 Å². The van der Waals surface area contributed by atoms with Crippen LogP contribution in [-0.4, -0.2) is 17.6 Å². The number of primary amides is 1. The highest BCUT2D eigenvalue weighted by Gasteiger charge is 2.11. The number of nitrogens with one attached hydrogen (secondary N) is 1. The van der Waals surface area contributed by atoms with Crippen molar-refractivity contribution in [3.8, 4) is 0 Å². The van der Waals surface area contributed by atoms with Gasteiger partial charge in [-0.3, -0.25) is 9.59 Å². The molecule has 3 N–H and O–H groups in total. The molecular formula is C15H12Cl2N2O2S.